The van der Waals surface area contributed by atoms with Crippen molar-refractivity contribution >= 4 is 5.91 Å². The van der Waals surface area contributed by atoms with E-state index in [1.165, 1.54) is 12.1 Å². The fourth-order valence-corrected chi connectivity index (χ4v) is 2.65. The van der Waals surface area contributed by atoms with Gasteiger partial charge in [0.2, 0.25) is 5.91 Å². The van der Waals surface area contributed by atoms with Crippen molar-refractivity contribution in [3.05, 3.63) is 47.5 Å². The molecule has 0 bridgehead atoms. The molecule has 6 heteroatoms. The number of ether oxygens (including phenoxy) is 1. The summed E-state index contributed by atoms with van der Waals surface area (Å²) in [6.45, 7) is 4.89. The number of hydrogen-bond donors (Lipinski definition) is 0. The predicted octanol–water partition coefficient (Wildman–Crippen LogP) is 3.31. The first-order chi connectivity index (χ1) is 10.8. The first-order valence-corrected chi connectivity index (χ1v) is 7.47. The molecule has 0 aliphatic carbocycles. The number of amides is 1. The van der Waals surface area contributed by atoms with Crippen LogP contribution in [0.2, 0.25) is 0 Å². The third-order valence-corrected chi connectivity index (χ3v) is 3.98. The minimum absolute atomic E-state index is 0.146. The molecular weight excluding hydrogens is 307 g/mol. The first kappa shape index (κ1) is 17.5. The molecule has 1 aromatic carbocycles. The van der Waals surface area contributed by atoms with E-state index in [2.05, 4.69) is 6.58 Å². The van der Waals surface area contributed by atoms with Gasteiger partial charge in [-0.25, -0.2) is 13.2 Å². The molecule has 1 aromatic rings. The summed E-state index contributed by atoms with van der Waals surface area (Å²) in [5.74, 6) is -2.05. The predicted molar refractivity (Wildman–Crippen MR) is 80.6 cm³/mol. The quantitative estimate of drug-likeness (QED) is 0.777. The molecule has 1 aliphatic heterocycles. The number of benzene rings is 1. The van der Waals surface area contributed by atoms with E-state index in [0.717, 1.165) is 11.0 Å². The summed E-state index contributed by atoms with van der Waals surface area (Å²) in [6, 6.07) is 2.38. The second-order valence-corrected chi connectivity index (χ2v) is 5.87. The normalized spacial score (nSPS) is 16.9. The molecular formula is C17H20F3NO2. The minimum Gasteiger partial charge on any atom is -0.381 e. The Balaban J connectivity index is 2.23. The van der Waals surface area contributed by atoms with Gasteiger partial charge in [-0.15, -0.1) is 0 Å². The van der Waals surface area contributed by atoms with Gasteiger partial charge in [-0.1, -0.05) is 6.58 Å². The van der Waals surface area contributed by atoms with Crippen LogP contribution in [0.5, 0.6) is 0 Å². The summed E-state index contributed by atoms with van der Waals surface area (Å²) in [5, 5.41) is 0. The highest BCUT2D eigenvalue weighted by Gasteiger charge is 2.35. The van der Waals surface area contributed by atoms with Crippen molar-refractivity contribution in [1.82, 2.24) is 4.90 Å². The number of carbonyl (C=O) groups excluding carboxylic acids is 1. The number of aryl methyl sites for hydroxylation is 1. The lowest BCUT2D eigenvalue weighted by Crippen LogP contribution is -2.45. The van der Waals surface area contributed by atoms with Gasteiger partial charge >= 0.3 is 0 Å². The maximum absolute atomic E-state index is 14.8. The molecule has 126 valence electrons. The topological polar surface area (TPSA) is 29.5 Å². The monoisotopic (exact) mass is 327 g/mol. The summed E-state index contributed by atoms with van der Waals surface area (Å²) in [5.41, 5.74) is -1.42. The molecule has 0 spiro atoms. The van der Waals surface area contributed by atoms with Crippen LogP contribution in [0.4, 0.5) is 13.2 Å². The molecule has 0 atom stereocenters. The zero-order chi connectivity index (χ0) is 17.0. The molecule has 2 rings (SSSR count). The maximum Gasteiger partial charge on any atom is 0.246 e. The largest absolute Gasteiger partial charge is 0.381 e. The van der Waals surface area contributed by atoms with Gasteiger partial charge in [0, 0.05) is 31.6 Å². The van der Waals surface area contributed by atoms with Gasteiger partial charge in [-0.3, -0.25) is 4.79 Å². The SMILES string of the molecule is C=CC(=O)N(Cc1c(F)cc(C)cc1F)CC1(F)CCOCC1. The van der Waals surface area contributed by atoms with Crippen LogP contribution in [-0.2, 0) is 16.1 Å². The number of nitrogens with zero attached hydrogens (tertiary/aromatic N) is 1. The van der Waals surface area contributed by atoms with Crippen LogP contribution in [0.3, 0.4) is 0 Å². The van der Waals surface area contributed by atoms with Crippen LogP contribution in [0, 0.1) is 18.6 Å². The Labute approximate surface area is 133 Å². The third kappa shape index (κ3) is 4.34. The average molecular weight is 327 g/mol. The van der Waals surface area contributed by atoms with E-state index in [1.54, 1.807) is 6.92 Å². The highest BCUT2D eigenvalue weighted by molar-refractivity contribution is 5.87. The molecule has 0 aromatic heterocycles. The summed E-state index contributed by atoms with van der Waals surface area (Å²) < 4.78 is 47.9. The summed E-state index contributed by atoms with van der Waals surface area (Å²) in [6.07, 6.45) is 1.31. The highest BCUT2D eigenvalue weighted by atomic mass is 19.1. The van der Waals surface area contributed by atoms with Crippen molar-refractivity contribution in [2.24, 2.45) is 0 Å². The van der Waals surface area contributed by atoms with E-state index in [0.29, 0.717) is 5.56 Å². The fourth-order valence-electron chi connectivity index (χ4n) is 2.65. The van der Waals surface area contributed by atoms with Gasteiger partial charge in [0.25, 0.3) is 0 Å². The van der Waals surface area contributed by atoms with Crippen LogP contribution in [-0.4, -0.2) is 36.2 Å². The number of hydrogen-bond acceptors (Lipinski definition) is 2. The number of carbonyl (C=O) groups is 1. The zero-order valence-corrected chi connectivity index (χ0v) is 13.1. The number of halogens is 3. The lowest BCUT2D eigenvalue weighted by atomic mass is 9.95. The molecule has 1 saturated heterocycles. The van der Waals surface area contributed by atoms with Crippen LogP contribution in [0.1, 0.15) is 24.0 Å². The van der Waals surface area contributed by atoms with Gasteiger partial charge in [0.05, 0.1) is 13.1 Å². The number of rotatable bonds is 5. The Kier molecular flexibility index (Phi) is 5.46. The molecule has 1 amide bonds. The van der Waals surface area contributed by atoms with Gasteiger partial charge in [0.15, 0.2) is 0 Å². The van der Waals surface area contributed by atoms with Crippen molar-refractivity contribution in [1.29, 1.82) is 0 Å². The molecule has 1 aliphatic rings. The Morgan fingerprint density at radius 2 is 1.91 bits per heavy atom. The Hall–Kier alpha value is -1.82. The lowest BCUT2D eigenvalue weighted by molar-refractivity contribution is -0.130. The van der Waals surface area contributed by atoms with Crippen LogP contribution in [0.15, 0.2) is 24.8 Å². The Bertz CT molecular complexity index is 574. The fraction of sp³-hybridized carbons (Fsp3) is 0.471. The third-order valence-electron chi connectivity index (χ3n) is 3.98. The van der Waals surface area contributed by atoms with E-state index in [4.69, 9.17) is 4.74 Å². The van der Waals surface area contributed by atoms with E-state index in [-0.39, 0.29) is 44.7 Å². The van der Waals surface area contributed by atoms with E-state index >= 15 is 0 Å². The van der Waals surface area contributed by atoms with Crippen LogP contribution in [0.25, 0.3) is 0 Å². The van der Waals surface area contributed by atoms with Crippen molar-refractivity contribution < 1.29 is 22.7 Å². The molecule has 0 N–H and O–H groups in total. The summed E-state index contributed by atoms with van der Waals surface area (Å²) in [4.78, 5) is 13.1. The molecule has 3 nitrogen and oxygen atoms in total. The van der Waals surface area contributed by atoms with E-state index < -0.39 is 23.2 Å². The summed E-state index contributed by atoms with van der Waals surface area (Å²) >= 11 is 0. The lowest BCUT2D eigenvalue weighted by Gasteiger charge is -2.34. The average Bonchev–Trinajstić information content (AvgIpc) is 2.49. The van der Waals surface area contributed by atoms with Gasteiger partial charge < -0.3 is 9.64 Å². The molecule has 0 unspecified atom stereocenters. The van der Waals surface area contributed by atoms with E-state index in [1.807, 2.05) is 0 Å². The minimum atomic E-state index is -1.62. The van der Waals surface area contributed by atoms with Crippen molar-refractivity contribution in [2.75, 3.05) is 19.8 Å². The number of alkyl halides is 1. The van der Waals surface area contributed by atoms with E-state index in [9.17, 15) is 18.0 Å². The molecule has 23 heavy (non-hydrogen) atoms. The van der Waals surface area contributed by atoms with Gasteiger partial charge in [0.1, 0.15) is 17.3 Å². The maximum atomic E-state index is 14.8. The van der Waals surface area contributed by atoms with Gasteiger partial charge in [-0.2, -0.15) is 0 Å². The highest BCUT2D eigenvalue weighted by Crippen LogP contribution is 2.28. The zero-order valence-electron chi connectivity index (χ0n) is 13.1. The molecule has 0 saturated carbocycles. The van der Waals surface area contributed by atoms with Crippen LogP contribution >= 0.6 is 0 Å². The smallest absolute Gasteiger partial charge is 0.246 e. The molecule has 1 heterocycles. The van der Waals surface area contributed by atoms with Crippen LogP contribution < -0.4 is 0 Å². The Morgan fingerprint density at radius 3 is 2.43 bits per heavy atom. The van der Waals surface area contributed by atoms with Crippen molar-refractivity contribution in [3.8, 4) is 0 Å². The second-order valence-electron chi connectivity index (χ2n) is 5.87. The second kappa shape index (κ2) is 7.17. The standard InChI is InChI=1S/C17H20F3NO2/c1-3-16(22)21(11-17(20)4-6-23-7-5-17)10-13-14(18)8-12(2)9-15(13)19/h3,8-9H,1,4-7,10-11H2,2H3. The molecule has 0 radical (unpaired) electrons. The first-order valence-electron chi connectivity index (χ1n) is 7.47. The van der Waals surface area contributed by atoms with Crippen molar-refractivity contribution in [3.63, 3.8) is 0 Å². The Morgan fingerprint density at radius 1 is 1.35 bits per heavy atom. The molecule has 1 fully saturated rings. The van der Waals surface area contributed by atoms with Gasteiger partial charge in [-0.05, 0) is 30.7 Å². The van der Waals surface area contributed by atoms with Crippen molar-refractivity contribution in [2.45, 2.75) is 32.0 Å². The summed E-state index contributed by atoms with van der Waals surface area (Å²) in [7, 11) is 0.